The first kappa shape index (κ1) is 13.8. The van der Waals surface area contributed by atoms with Crippen molar-refractivity contribution < 1.29 is 0 Å². The number of hydrogen-bond donors (Lipinski definition) is 0. The predicted octanol–water partition coefficient (Wildman–Crippen LogP) is 3.21. The van der Waals surface area contributed by atoms with Crippen molar-refractivity contribution in [3.05, 3.63) is 48.3 Å². The number of anilines is 1. The Morgan fingerprint density at radius 3 is 2.73 bits per heavy atom. The summed E-state index contributed by atoms with van der Waals surface area (Å²) in [5.74, 6) is 0. The molecule has 2 aliphatic rings. The van der Waals surface area contributed by atoms with Crippen LogP contribution in [0.5, 0.6) is 0 Å². The summed E-state index contributed by atoms with van der Waals surface area (Å²) in [6.07, 6.45) is 7.61. The highest BCUT2D eigenvalue weighted by Gasteiger charge is 2.27. The van der Waals surface area contributed by atoms with Gasteiger partial charge in [0, 0.05) is 37.2 Å². The molecule has 0 N–H and O–H groups in total. The average molecular weight is 293 g/mol. The smallest absolute Gasteiger partial charge is 0.0406 e. The van der Waals surface area contributed by atoms with E-state index >= 15 is 0 Å². The molecule has 3 heterocycles. The Balaban J connectivity index is 1.60. The van der Waals surface area contributed by atoms with E-state index in [9.17, 15) is 0 Å². The van der Waals surface area contributed by atoms with Gasteiger partial charge in [0.1, 0.15) is 0 Å². The Bertz CT molecular complexity index is 653. The highest BCUT2D eigenvalue weighted by molar-refractivity contribution is 5.72. The number of aromatic nitrogens is 1. The van der Waals surface area contributed by atoms with Crippen molar-refractivity contribution in [1.82, 2.24) is 9.88 Å². The minimum atomic E-state index is 0.718. The van der Waals surface area contributed by atoms with Gasteiger partial charge in [0.25, 0.3) is 0 Å². The van der Waals surface area contributed by atoms with Crippen LogP contribution in [0, 0.1) is 0 Å². The maximum absolute atomic E-state index is 4.12. The molecule has 3 heteroatoms. The van der Waals surface area contributed by atoms with Crippen LogP contribution >= 0.6 is 0 Å². The lowest BCUT2D eigenvalue weighted by atomic mass is 10.0. The third kappa shape index (κ3) is 2.50. The summed E-state index contributed by atoms with van der Waals surface area (Å²) in [5, 5.41) is 0. The van der Waals surface area contributed by atoms with Crippen molar-refractivity contribution in [3.8, 4) is 11.1 Å². The molecule has 114 valence electrons. The van der Waals surface area contributed by atoms with Gasteiger partial charge in [0.15, 0.2) is 0 Å². The number of benzene rings is 1. The number of pyridine rings is 1. The van der Waals surface area contributed by atoms with Gasteiger partial charge in [-0.25, -0.2) is 0 Å². The van der Waals surface area contributed by atoms with E-state index in [0.717, 1.165) is 6.04 Å². The van der Waals surface area contributed by atoms with Gasteiger partial charge >= 0.3 is 0 Å². The van der Waals surface area contributed by atoms with Crippen LogP contribution < -0.4 is 4.90 Å². The van der Waals surface area contributed by atoms with Crippen molar-refractivity contribution in [3.63, 3.8) is 0 Å². The molecule has 1 atom stereocenters. The molecule has 0 spiro atoms. The van der Waals surface area contributed by atoms with E-state index in [-0.39, 0.29) is 0 Å². The first-order valence-corrected chi connectivity index (χ1v) is 8.30. The molecular formula is C19H23N3. The summed E-state index contributed by atoms with van der Waals surface area (Å²) in [6, 6.07) is 11.8. The van der Waals surface area contributed by atoms with Crippen LogP contribution in [0.3, 0.4) is 0 Å². The molecule has 1 aromatic carbocycles. The van der Waals surface area contributed by atoms with E-state index in [1.54, 1.807) is 0 Å². The SMILES string of the molecule is CN1CCC[C@@H]1CN1CCc2ccc(-c3ccncc3)cc21. The number of rotatable bonds is 3. The first-order chi connectivity index (χ1) is 10.8. The van der Waals surface area contributed by atoms with Crippen molar-refractivity contribution in [2.45, 2.75) is 25.3 Å². The molecule has 1 saturated heterocycles. The third-order valence-corrected chi connectivity index (χ3v) is 5.19. The zero-order chi connectivity index (χ0) is 14.9. The fourth-order valence-electron chi connectivity index (χ4n) is 3.82. The lowest BCUT2D eigenvalue weighted by Crippen LogP contribution is -2.37. The minimum absolute atomic E-state index is 0.718. The van der Waals surface area contributed by atoms with E-state index < -0.39 is 0 Å². The van der Waals surface area contributed by atoms with Crippen LogP contribution in [-0.4, -0.2) is 42.6 Å². The molecule has 3 nitrogen and oxygen atoms in total. The molecule has 4 rings (SSSR count). The minimum Gasteiger partial charge on any atom is -0.369 e. The highest BCUT2D eigenvalue weighted by Crippen LogP contribution is 2.33. The lowest BCUT2D eigenvalue weighted by Gasteiger charge is -2.27. The van der Waals surface area contributed by atoms with Crippen LogP contribution in [0.15, 0.2) is 42.7 Å². The highest BCUT2D eigenvalue weighted by atomic mass is 15.2. The zero-order valence-electron chi connectivity index (χ0n) is 13.2. The van der Waals surface area contributed by atoms with Crippen LogP contribution in [0.2, 0.25) is 0 Å². The monoisotopic (exact) mass is 293 g/mol. The molecule has 0 unspecified atom stereocenters. The lowest BCUT2D eigenvalue weighted by molar-refractivity contribution is 0.313. The van der Waals surface area contributed by atoms with Crippen LogP contribution in [0.4, 0.5) is 5.69 Å². The summed E-state index contributed by atoms with van der Waals surface area (Å²) in [6.45, 7) is 3.59. The molecule has 0 amide bonds. The van der Waals surface area contributed by atoms with E-state index in [0.29, 0.717) is 0 Å². The van der Waals surface area contributed by atoms with E-state index in [2.05, 4.69) is 52.2 Å². The Kier molecular flexibility index (Phi) is 3.59. The fourth-order valence-corrected chi connectivity index (χ4v) is 3.82. The molecule has 0 radical (unpaired) electrons. The largest absolute Gasteiger partial charge is 0.369 e. The van der Waals surface area contributed by atoms with Gasteiger partial charge in [-0.15, -0.1) is 0 Å². The second-order valence-corrected chi connectivity index (χ2v) is 6.55. The molecular weight excluding hydrogens is 270 g/mol. The number of hydrogen-bond acceptors (Lipinski definition) is 3. The van der Waals surface area contributed by atoms with E-state index in [1.807, 2.05) is 12.4 Å². The number of fused-ring (bicyclic) bond motifs is 1. The van der Waals surface area contributed by atoms with Gasteiger partial charge in [-0.3, -0.25) is 4.98 Å². The topological polar surface area (TPSA) is 19.4 Å². The Labute approximate surface area is 132 Å². The molecule has 22 heavy (non-hydrogen) atoms. The summed E-state index contributed by atoms with van der Waals surface area (Å²) in [4.78, 5) is 9.23. The summed E-state index contributed by atoms with van der Waals surface area (Å²) in [7, 11) is 2.27. The van der Waals surface area contributed by atoms with Gasteiger partial charge < -0.3 is 9.80 Å². The van der Waals surface area contributed by atoms with Gasteiger partial charge in [-0.1, -0.05) is 12.1 Å². The standard InChI is InChI=1S/C19H23N3/c1-21-11-2-3-18(21)14-22-12-8-16-4-5-17(13-19(16)22)15-6-9-20-10-7-15/h4-7,9-10,13,18H,2-3,8,11-12,14H2,1H3/t18-/m1/s1. The summed E-state index contributed by atoms with van der Waals surface area (Å²) < 4.78 is 0. The molecule has 2 aliphatic heterocycles. The summed E-state index contributed by atoms with van der Waals surface area (Å²) in [5.41, 5.74) is 5.49. The molecule has 2 aromatic rings. The Morgan fingerprint density at radius 1 is 1.09 bits per heavy atom. The van der Waals surface area contributed by atoms with Crippen LogP contribution in [0.1, 0.15) is 18.4 Å². The fraction of sp³-hybridized carbons (Fsp3) is 0.421. The van der Waals surface area contributed by atoms with E-state index in [1.165, 1.54) is 61.3 Å². The van der Waals surface area contributed by atoms with Gasteiger partial charge in [-0.05, 0) is 67.7 Å². The average Bonchev–Trinajstić information content (AvgIpc) is 3.15. The molecule has 1 aromatic heterocycles. The van der Waals surface area contributed by atoms with E-state index in [4.69, 9.17) is 0 Å². The number of likely N-dealkylation sites (N-methyl/N-ethyl adjacent to an activating group) is 1. The quantitative estimate of drug-likeness (QED) is 0.866. The molecule has 0 aliphatic carbocycles. The first-order valence-electron chi connectivity index (χ1n) is 8.30. The van der Waals surface area contributed by atoms with Crippen molar-refractivity contribution >= 4 is 5.69 Å². The maximum Gasteiger partial charge on any atom is 0.0406 e. The Morgan fingerprint density at radius 2 is 1.95 bits per heavy atom. The van der Waals surface area contributed by atoms with Crippen molar-refractivity contribution in [1.29, 1.82) is 0 Å². The third-order valence-electron chi connectivity index (χ3n) is 5.19. The normalized spacial score (nSPS) is 21.3. The van der Waals surface area contributed by atoms with Crippen molar-refractivity contribution in [2.24, 2.45) is 0 Å². The second-order valence-electron chi connectivity index (χ2n) is 6.55. The second kappa shape index (κ2) is 5.73. The summed E-state index contributed by atoms with van der Waals surface area (Å²) >= 11 is 0. The Hall–Kier alpha value is -1.87. The molecule has 0 saturated carbocycles. The maximum atomic E-state index is 4.12. The van der Waals surface area contributed by atoms with Crippen LogP contribution in [-0.2, 0) is 6.42 Å². The number of nitrogens with zero attached hydrogens (tertiary/aromatic N) is 3. The number of likely N-dealkylation sites (tertiary alicyclic amines) is 1. The van der Waals surface area contributed by atoms with Gasteiger partial charge in [0.05, 0.1) is 0 Å². The molecule has 0 bridgehead atoms. The molecule has 1 fully saturated rings. The van der Waals surface area contributed by atoms with Gasteiger partial charge in [-0.2, -0.15) is 0 Å². The van der Waals surface area contributed by atoms with Crippen molar-refractivity contribution in [2.75, 3.05) is 31.6 Å². The van der Waals surface area contributed by atoms with Crippen LogP contribution in [0.25, 0.3) is 11.1 Å². The predicted molar refractivity (Wildman–Crippen MR) is 91.2 cm³/mol. The van der Waals surface area contributed by atoms with Gasteiger partial charge in [0.2, 0.25) is 0 Å². The zero-order valence-corrected chi connectivity index (χ0v) is 13.2.